The molecule has 0 aliphatic carbocycles. The summed E-state index contributed by atoms with van der Waals surface area (Å²) >= 11 is 0. The van der Waals surface area contributed by atoms with E-state index >= 15 is 0 Å². The highest BCUT2D eigenvalue weighted by molar-refractivity contribution is 5.92. The standard InChI is InChI=1S/C14H18FN3O3/c15-11-6-10(3-4-12(11)17-13(19)7-16)18-5-1-2-9(8-18)14(20)21/h3-4,6,9H,1-2,5,7-8,16H2,(H,17,19)(H,20,21). The van der Waals surface area contributed by atoms with E-state index in [-0.39, 0.29) is 12.2 Å². The predicted molar refractivity (Wildman–Crippen MR) is 76.7 cm³/mol. The van der Waals surface area contributed by atoms with Crippen LogP contribution in [0.2, 0.25) is 0 Å². The van der Waals surface area contributed by atoms with Crippen LogP contribution in [0.1, 0.15) is 12.8 Å². The molecule has 114 valence electrons. The Morgan fingerprint density at radius 3 is 2.86 bits per heavy atom. The van der Waals surface area contributed by atoms with Crippen LogP contribution in [0.3, 0.4) is 0 Å². The molecule has 6 nitrogen and oxygen atoms in total. The van der Waals surface area contributed by atoms with Gasteiger partial charge in [0, 0.05) is 18.8 Å². The number of rotatable bonds is 4. The molecule has 4 N–H and O–H groups in total. The van der Waals surface area contributed by atoms with Crippen molar-refractivity contribution < 1.29 is 19.1 Å². The summed E-state index contributed by atoms with van der Waals surface area (Å²) in [4.78, 5) is 24.1. The van der Waals surface area contributed by atoms with Gasteiger partial charge in [0.1, 0.15) is 5.82 Å². The van der Waals surface area contributed by atoms with Crippen molar-refractivity contribution in [1.82, 2.24) is 0 Å². The van der Waals surface area contributed by atoms with E-state index in [9.17, 15) is 14.0 Å². The highest BCUT2D eigenvalue weighted by Gasteiger charge is 2.25. The molecule has 1 fully saturated rings. The number of nitrogens with two attached hydrogens (primary N) is 1. The minimum Gasteiger partial charge on any atom is -0.481 e. The highest BCUT2D eigenvalue weighted by Crippen LogP contribution is 2.26. The second kappa shape index (κ2) is 6.53. The number of nitrogens with zero attached hydrogens (tertiary/aromatic N) is 1. The number of hydrogen-bond acceptors (Lipinski definition) is 4. The normalized spacial score (nSPS) is 18.4. The molecular weight excluding hydrogens is 277 g/mol. The van der Waals surface area contributed by atoms with Crippen LogP contribution >= 0.6 is 0 Å². The van der Waals surface area contributed by atoms with Crippen LogP contribution in [-0.4, -0.2) is 36.6 Å². The fraction of sp³-hybridized carbons (Fsp3) is 0.429. The Hall–Kier alpha value is -2.15. The van der Waals surface area contributed by atoms with Crippen molar-refractivity contribution in [2.75, 3.05) is 29.9 Å². The Morgan fingerprint density at radius 2 is 2.24 bits per heavy atom. The first-order valence-electron chi connectivity index (χ1n) is 6.78. The quantitative estimate of drug-likeness (QED) is 0.771. The fourth-order valence-electron chi connectivity index (χ4n) is 2.42. The smallest absolute Gasteiger partial charge is 0.308 e. The number of carboxylic acids is 1. The number of amides is 1. The van der Waals surface area contributed by atoms with Gasteiger partial charge >= 0.3 is 5.97 Å². The van der Waals surface area contributed by atoms with Gasteiger partial charge in [0.05, 0.1) is 18.2 Å². The molecular formula is C14H18FN3O3. The third-order valence-electron chi connectivity index (χ3n) is 3.55. The van der Waals surface area contributed by atoms with Gasteiger partial charge in [0.2, 0.25) is 5.91 Å². The van der Waals surface area contributed by atoms with Crippen LogP contribution < -0.4 is 16.0 Å². The average Bonchev–Trinajstić information content (AvgIpc) is 2.49. The van der Waals surface area contributed by atoms with Gasteiger partial charge < -0.3 is 21.1 Å². The van der Waals surface area contributed by atoms with Crippen LogP contribution in [0.15, 0.2) is 18.2 Å². The van der Waals surface area contributed by atoms with E-state index in [0.29, 0.717) is 25.2 Å². The number of halogens is 1. The van der Waals surface area contributed by atoms with E-state index in [2.05, 4.69) is 5.32 Å². The van der Waals surface area contributed by atoms with Gasteiger partial charge in [-0.2, -0.15) is 0 Å². The molecule has 2 rings (SSSR count). The lowest BCUT2D eigenvalue weighted by Crippen LogP contribution is -2.38. The number of carbonyl (C=O) groups is 2. The Kier molecular flexibility index (Phi) is 4.74. The van der Waals surface area contributed by atoms with Crippen molar-refractivity contribution >= 4 is 23.3 Å². The topological polar surface area (TPSA) is 95.7 Å². The van der Waals surface area contributed by atoms with Gasteiger partial charge in [0.25, 0.3) is 0 Å². The van der Waals surface area contributed by atoms with E-state index in [1.165, 1.54) is 12.1 Å². The number of piperidine rings is 1. The zero-order valence-electron chi connectivity index (χ0n) is 11.5. The summed E-state index contributed by atoms with van der Waals surface area (Å²) in [5.74, 6) is -2.29. The Labute approximate surface area is 121 Å². The van der Waals surface area contributed by atoms with Gasteiger partial charge in [-0.25, -0.2) is 4.39 Å². The highest BCUT2D eigenvalue weighted by atomic mass is 19.1. The number of carbonyl (C=O) groups excluding carboxylic acids is 1. The van der Waals surface area contributed by atoms with Crippen LogP contribution in [0.4, 0.5) is 15.8 Å². The summed E-state index contributed by atoms with van der Waals surface area (Å²) in [5.41, 5.74) is 5.85. The van der Waals surface area contributed by atoms with Gasteiger partial charge in [0.15, 0.2) is 0 Å². The van der Waals surface area contributed by atoms with E-state index in [1.54, 1.807) is 6.07 Å². The van der Waals surface area contributed by atoms with Gasteiger partial charge in [-0.05, 0) is 31.0 Å². The van der Waals surface area contributed by atoms with Gasteiger partial charge in [-0.1, -0.05) is 0 Å². The molecule has 1 aliphatic heterocycles. The van der Waals surface area contributed by atoms with Crippen LogP contribution in [0.25, 0.3) is 0 Å². The number of aliphatic carboxylic acids is 1. The molecule has 1 saturated heterocycles. The lowest BCUT2D eigenvalue weighted by atomic mass is 9.98. The Bertz CT molecular complexity index is 550. The molecule has 1 heterocycles. The minimum atomic E-state index is -0.827. The number of anilines is 2. The van der Waals surface area contributed by atoms with Crippen LogP contribution in [0, 0.1) is 11.7 Å². The number of hydrogen-bond donors (Lipinski definition) is 3. The molecule has 1 atom stereocenters. The van der Waals surface area contributed by atoms with E-state index in [1.807, 2.05) is 4.90 Å². The second-order valence-electron chi connectivity index (χ2n) is 5.04. The van der Waals surface area contributed by atoms with Crippen LogP contribution in [-0.2, 0) is 9.59 Å². The fourth-order valence-corrected chi connectivity index (χ4v) is 2.42. The largest absolute Gasteiger partial charge is 0.481 e. The lowest BCUT2D eigenvalue weighted by molar-refractivity contribution is -0.142. The summed E-state index contributed by atoms with van der Waals surface area (Å²) in [5, 5.41) is 11.4. The molecule has 1 aliphatic rings. The Morgan fingerprint density at radius 1 is 1.48 bits per heavy atom. The molecule has 21 heavy (non-hydrogen) atoms. The van der Waals surface area contributed by atoms with Crippen molar-refractivity contribution in [2.24, 2.45) is 11.7 Å². The molecule has 0 aromatic heterocycles. The molecule has 0 spiro atoms. The Balaban J connectivity index is 2.12. The van der Waals surface area contributed by atoms with E-state index < -0.39 is 23.6 Å². The number of carboxylic acid groups (broad SMARTS) is 1. The summed E-state index contributed by atoms with van der Waals surface area (Å²) < 4.78 is 14.0. The number of benzene rings is 1. The third kappa shape index (κ3) is 3.69. The summed E-state index contributed by atoms with van der Waals surface area (Å²) in [6.07, 6.45) is 1.39. The first-order valence-corrected chi connectivity index (χ1v) is 6.78. The molecule has 7 heteroatoms. The third-order valence-corrected chi connectivity index (χ3v) is 3.55. The predicted octanol–water partition coefficient (Wildman–Crippen LogP) is 1.02. The molecule has 1 aromatic rings. The number of nitrogens with one attached hydrogen (secondary N) is 1. The van der Waals surface area contributed by atoms with Gasteiger partial charge in [-0.15, -0.1) is 0 Å². The molecule has 1 unspecified atom stereocenters. The van der Waals surface area contributed by atoms with E-state index in [0.717, 1.165) is 6.42 Å². The first kappa shape index (κ1) is 15.2. The van der Waals surface area contributed by atoms with Crippen molar-refractivity contribution in [3.8, 4) is 0 Å². The molecule has 1 amide bonds. The minimum absolute atomic E-state index is 0.0704. The maximum atomic E-state index is 14.0. The maximum absolute atomic E-state index is 14.0. The summed E-state index contributed by atoms with van der Waals surface area (Å²) in [7, 11) is 0. The van der Waals surface area contributed by atoms with Crippen molar-refractivity contribution in [3.63, 3.8) is 0 Å². The van der Waals surface area contributed by atoms with Gasteiger partial charge in [-0.3, -0.25) is 9.59 Å². The maximum Gasteiger partial charge on any atom is 0.308 e. The second-order valence-corrected chi connectivity index (χ2v) is 5.04. The summed E-state index contributed by atoms with van der Waals surface area (Å²) in [6, 6.07) is 4.43. The molecule has 0 radical (unpaired) electrons. The molecule has 0 saturated carbocycles. The zero-order chi connectivity index (χ0) is 15.4. The average molecular weight is 295 g/mol. The summed E-state index contributed by atoms with van der Waals surface area (Å²) in [6.45, 7) is 0.842. The monoisotopic (exact) mass is 295 g/mol. The SMILES string of the molecule is NCC(=O)Nc1ccc(N2CCCC(C(=O)O)C2)cc1F. The zero-order valence-corrected chi connectivity index (χ0v) is 11.5. The van der Waals surface area contributed by atoms with Crippen molar-refractivity contribution in [3.05, 3.63) is 24.0 Å². The molecule has 0 bridgehead atoms. The molecule has 1 aromatic carbocycles. The first-order chi connectivity index (χ1) is 10.0. The van der Waals surface area contributed by atoms with Crippen molar-refractivity contribution in [1.29, 1.82) is 0 Å². The lowest BCUT2D eigenvalue weighted by Gasteiger charge is -2.32. The van der Waals surface area contributed by atoms with Crippen molar-refractivity contribution in [2.45, 2.75) is 12.8 Å². The van der Waals surface area contributed by atoms with E-state index in [4.69, 9.17) is 10.8 Å². The van der Waals surface area contributed by atoms with Crippen LogP contribution in [0.5, 0.6) is 0 Å².